The fourth-order valence-corrected chi connectivity index (χ4v) is 3.10. The molecule has 0 saturated carbocycles. The van der Waals surface area contributed by atoms with Crippen molar-refractivity contribution < 1.29 is 15.8 Å². The van der Waals surface area contributed by atoms with Crippen LogP contribution in [0.4, 0.5) is 0 Å². The summed E-state index contributed by atoms with van der Waals surface area (Å²) in [6, 6.07) is 10.8. The predicted octanol–water partition coefficient (Wildman–Crippen LogP) is 4.90. The van der Waals surface area contributed by atoms with Crippen LogP contribution in [0.25, 0.3) is 33.3 Å². The Morgan fingerprint density at radius 3 is 3.00 bits per heavy atom. The van der Waals surface area contributed by atoms with Crippen molar-refractivity contribution >= 4 is 22.1 Å². The van der Waals surface area contributed by atoms with Crippen LogP contribution in [0.5, 0.6) is 0 Å². The van der Waals surface area contributed by atoms with Crippen LogP contribution in [0, 0.1) is 6.92 Å². The first kappa shape index (κ1) is 10.2. The smallest absolute Gasteiger partial charge is 0.227 e. The number of pyridine rings is 2. The number of rotatable bonds is 2. The zero-order valence-electron chi connectivity index (χ0n) is 18.8. The van der Waals surface area contributed by atoms with Crippen LogP contribution < -0.4 is 4.57 Å². The largest absolute Gasteiger partial charge is 0.437 e. The van der Waals surface area contributed by atoms with Gasteiger partial charge in [0.1, 0.15) is 7.05 Å². The van der Waals surface area contributed by atoms with Gasteiger partial charge in [0.25, 0.3) is 0 Å². The van der Waals surface area contributed by atoms with Crippen molar-refractivity contribution in [1.82, 2.24) is 4.98 Å². The number of hydrogen-bond donors (Lipinski definition) is 0. The SMILES string of the molecule is [2H]c1ccc2c(n1)oc1c(-c3cc(C([2H])(C)C([2H])([2H])[2H])cc[n+]3C)c(C)ccc12. The van der Waals surface area contributed by atoms with Gasteiger partial charge in [-0.3, -0.25) is 0 Å². The fraction of sp³-hybridized carbons (Fsp3) is 0.238. The van der Waals surface area contributed by atoms with Crippen LogP contribution in [0.1, 0.15) is 37.7 Å². The minimum absolute atomic E-state index is 0.130. The van der Waals surface area contributed by atoms with E-state index in [4.69, 9.17) is 11.3 Å². The summed E-state index contributed by atoms with van der Waals surface area (Å²) >= 11 is 0. The standard InChI is InChI=1S/C21H21N2O/c1-13(2)15-9-11-23(4)18(12-15)19-14(3)7-8-16-17-6-5-10-22-21(17)24-20(16)19/h5-13H,1-4H3/q+1/i1D3,10D,13D. The summed E-state index contributed by atoms with van der Waals surface area (Å²) in [6.07, 6.45) is 1.90. The Morgan fingerprint density at radius 2 is 2.17 bits per heavy atom. The monoisotopic (exact) mass is 322 g/mol. The first-order valence-corrected chi connectivity index (χ1v) is 7.81. The molecule has 3 nitrogen and oxygen atoms in total. The van der Waals surface area contributed by atoms with E-state index >= 15 is 0 Å². The van der Waals surface area contributed by atoms with Crippen LogP contribution in [-0.4, -0.2) is 4.98 Å². The van der Waals surface area contributed by atoms with Crippen LogP contribution in [0.2, 0.25) is 0 Å². The summed E-state index contributed by atoms with van der Waals surface area (Å²) in [7, 11) is 1.87. The van der Waals surface area contributed by atoms with E-state index in [1.807, 2.05) is 36.7 Å². The molecule has 0 aliphatic rings. The van der Waals surface area contributed by atoms with Gasteiger partial charge in [0, 0.05) is 34.6 Å². The summed E-state index contributed by atoms with van der Waals surface area (Å²) in [4.78, 5) is 4.18. The lowest BCUT2D eigenvalue weighted by Crippen LogP contribution is -2.31. The van der Waals surface area contributed by atoms with Crippen LogP contribution >= 0.6 is 0 Å². The normalized spacial score (nSPS) is 17.7. The average molecular weight is 322 g/mol. The molecule has 1 atom stereocenters. The molecule has 1 unspecified atom stereocenters. The van der Waals surface area contributed by atoms with E-state index in [0.717, 1.165) is 27.6 Å². The zero-order valence-corrected chi connectivity index (χ0v) is 13.8. The molecular formula is C21H21N2O+. The summed E-state index contributed by atoms with van der Waals surface area (Å²) in [6.45, 7) is 0.911. The first-order valence-electron chi connectivity index (χ1n) is 10.3. The molecule has 0 radical (unpaired) electrons. The van der Waals surface area contributed by atoms with Gasteiger partial charge in [0.05, 0.1) is 6.93 Å². The van der Waals surface area contributed by atoms with Gasteiger partial charge in [-0.1, -0.05) is 25.9 Å². The molecule has 4 aromatic rings. The molecule has 0 amide bonds. The molecule has 3 aromatic heterocycles. The topological polar surface area (TPSA) is 29.9 Å². The third kappa shape index (κ3) is 2.20. The summed E-state index contributed by atoms with van der Waals surface area (Å²) in [5.41, 5.74) is 3.95. The third-order valence-corrected chi connectivity index (χ3v) is 4.42. The summed E-state index contributed by atoms with van der Waals surface area (Å²) in [5.74, 6) is -1.74. The van der Waals surface area contributed by atoms with Gasteiger partial charge in [-0.2, -0.15) is 0 Å². The van der Waals surface area contributed by atoms with Crippen LogP contribution in [-0.2, 0) is 7.05 Å². The quantitative estimate of drug-likeness (QED) is 0.491. The number of furan rings is 1. The zero-order chi connectivity index (χ0) is 21.1. The Bertz CT molecular complexity index is 1260. The van der Waals surface area contributed by atoms with Gasteiger partial charge in [-0.25, -0.2) is 9.55 Å². The van der Waals surface area contributed by atoms with E-state index in [0.29, 0.717) is 16.9 Å². The molecule has 3 heteroatoms. The Morgan fingerprint density at radius 1 is 1.29 bits per heavy atom. The van der Waals surface area contributed by atoms with E-state index in [2.05, 4.69) is 4.98 Å². The van der Waals surface area contributed by atoms with Gasteiger partial charge in [-0.05, 0) is 36.1 Å². The lowest BCUT2D eigenvalue weighted by Gasteiger charge is -2.09. The second-order valence-electron chi connectivity index (χ2n) is 6.07. The second kappa shape index (κ2) is 5.45. The van der Waals surface area contributed by atoms with Crippen LogP contribution in [0.15, 0.2) is 53.2 Å². The van der Waals surface area contributed by atoms with Crippen molar-refractivity contribution in [3.63, 3.8) is 0 Å². The van der Waals surface area contributed by atoms with E-state index in [1.54, 1.807) is 24.4 Å². The van der Waals surface area contributed by atoms with Gasteiger partial charge in [0.2, 0.25) is 11.4 Å². The number of aromatic nitrogens is 2. The van der Waals surface area contributed by atoms with E-state index in [9.17, 15) is 0 Å². The molecule has 0 bridgehead atoms. The maximum absolute atomic E-state index is 8.45. The second-order valence-corrected chi connectivity index (χ2v) is 6.07. The minimum atomic E-state index is -2.46. The average Bonchev–Trinajstić information content (AvgIpc) is 2.98. The Balaban J connectivity index is 2.03. The fourth-order valence-electron chi connectivity index (χ4n) is 3.10. The number of nitrogens with zero attached hydrogens (tertiary/aromatic N) is 2. The molecule has 0 N–H and O–H groups in total. The van der Waals surface area contributed by atoms with Crippen molar-refractivity contribution in [3.05, 3.63) is 59.9 Å². The Kier molecular flexibility index (Phi) is 2.32. The molecule has 24 heavy (non-hydrogen) atoms. The Labute approximate surface area is 148 Å². The summed E-state index contributed by atoms with van der Waals surface area (Å²) in [5, 5.41) is 1.70. The molecule has 0 spiro atoms. The highest BCUT2D eigenvalue weighted by molar-refractivity contribution is 6.08. The van der Waals surface area contributed by atoms with E-state index < -0.39 is 12.7 Å². The van der Waals surface area contributed by atoms with E-state index in [-0.39, 0.29) is 6.17 Å². The van der Waals surface area contributed by atoms with Crippen molar-refractivity contribution in [3.8, 4) is 11.3 Å². The highest BCUT2D eigenvalue weighted by Gasteiger charge is 2.21. The predicted molar refractivity (Wildman–Crippen MR) is 97.0 cm³/mol. The van der Waals surface area contributed by atoms with Gasteiger partial charge in [-0.15, -0.1) is 0 Å². The van der Waals surface area contributed by atoms with Gasteiger partial charge in [0.15, 0.2) is 11.8 Å². The summed E-state index contributed by atoms with van der Waals surface area (Å²) < 4.78 is 47.4. The van der Waals surface area contributed by atoms with Gasteiger partial charge >= 0.3 is 0 Å². The van der Waals surface area contributed by atoms with Crippen molar-refractivity contribution in [2.24, 2.45) is 7.05 Å². The Hall–Kier alpha value is -2.68. The number of hydrogen-bond acceptors (Lipinski definition) is 2. The highest BCUT2D eigenvalue weighted by Crippen LogP contribution is 2.36. The molecule has 4 rings (SSSR count). The van der Waals surface area contributed by atoms with Crippen LogP contribution in [0.3, 0.4) is 0 Å². The molecule has 0 aliphatic carbocycles. The number of benzene rings is 1. The maximum Gasteiger partial charge on any atom is 0.227 e. The van der Waals surface area contributed by atoms with Crippen molar-refractivity contribution in [1.29, 1.82) is 0 Å². The third-order valence-electron chi connectivity index (χ3n) is 4.42. The maximum atomic E-state index is 8.45. The molecule has 3 heterocycles. The molecule has 0 aliphatic heterocycles. The minimum Gasteiger partial charge on any atom is -0.437 e. The van der Waals surface area contributed by atoms with Crippen molar-refractivity contribution in [2.45, 2.75) is 26.6 Å². The molecule has 1 aromatic carbocycles. The van der Waals surface area contributed by atoms with Gasteiger partial charge < -0.3 is 4.42 Å². The lowest BCUT2D eigenvalue weighted by atomic mass is 9.97. The highest BCUT2D eigenvalue weighted by atomic mass is 16.3. The molecule has 120 valence electrons. The van der Waals surface area contributed by atoms with Crippen molar-refractivity contribution in [2.75, 3.05) is 0 Å². The van der Waals surface area contributed by atoms with E-state index in [1.165, 1.54) is 6.92 Å². The molecule has 0 saturated heterocycles. The number of aryl methyl sites for hydroxylation is 2. The first-order chi connectivity index (χ1) is 13.5. The lowest BCUT2D eigenvalue weighted by molar-refractivity contribution is -0.660. The molecular weight excluding hydrogens is 296 g/mol. The molecule has 0 fully saturated rings. The number of fused-ring (bicyclic) bond motifs is 3.